The first-order valence-electron chi connectivity index (χ1n) is 7.40. The molecular formula is C14H21N5O. The third-order valence-electron chi connectivity index (χ3n) is 3.42. The Labute approximate surface area is 118 Å². The Morgan fingerprint density at radius 3 is 2.50 bits per heavy atom. The molecule has 2 aliphatic rings. The summed E-state index contributed by atoms with van der Waals surface area (Å²) in [5, 5.41) is 9.26. The van der Waals surface area contributed by atoms with Gasteiger partial charge in [-0.1, -0.05) is 0 Å². The Morgan fingerprint density at radius 2 is 1.90 bits per heavy atom. The van der Waals surface area contributed by atoms with Gasteiger partial charge in [0.05, 0.1) is 6.54 Å². The zero-order chi connectivity index (χ0) is 13.9. The number of aromatic nitrogens is 2. The van der Waals surface area contributed by atoms with E-state index in [0.717, 1.165) is 49.7 Å². The molecule has 0 unspecified atom stereocenters. The number of hydrogen-bond donors (Lipinski definition) is 3. The van der Waals surface area contributed by atoms with Crippen molar-refractivity contribution in [1.29, 1.82) is 0 Å². The SMILES string of the molecule is CCNc1cc(NCC(=O)NC2CC2)nc(C2CC2)n1. The quantitative estimate of drug-likeness (QED) is 0.702. The Kier molecular flexibility index (Phi) is 3.71. The minimum absolute atomic E-state index is 0.0316. The summed E-state index contributed by atoms with van der Waals surface area (Å²) >= 11 is 0. The Hall–Kier alpha value is -1.85. The maximum absolute atomic E-state index is 11.7. The first-order valence-corrected chi connectivity index (χ1v) is 7.40. The predicted molar refractivity (Wildman–Crippen MR) is 77.8 cm³/mol. The number of nitrogens with zero attached hydrogens (tertiary/aromatic N) is 2. The first-order chi connectivity index (χ1) is 9.74. The van der Waals surface area contributed by atoms with Crippen molar-refractivity contribution < 1.29 is 4.79 Å². The highest BCUT2D eigenvalue weighted by Crippen LogP contribution is 2.38. The van der Waals surface area contributed by atoms with E-state index in [0.29, 0.717) is 12.0 Å². The molecule has 6 heteroatoms. The summed E-state index contributed by atoms with van der Waals surface area (Å²) in [6.45, 7) is 3.13. The lowest BCUT2D eigenvalue weighted by Crippen LogP contribution is -2.31. The monoisotopic (exact) mass is 275 g/mol. The lowest BCUT2D eigenvalue weighted by molar-refractivity contribution is -0.119. The minimum Gasteiger partial charge on any atom is -0.370 e. The molecule has 1 amide bonds. The molecule has 0 spiro atoms. The Bertz CT molecular complexity index is 496. The van der Waals surface area contributed by atoms with E-state index in [1.165, 1.54) is 0 Å². The van der Waals surface area contributed by atoms with Crippen molar-refractivity contribution in [3.05, 3.63) is 11.9 Å². The summed E-state index contributed by atoms with van der Waals surface area (Å²) in [5.41, 5.74) is 0. The number of hydrogen-bond acceptors (Lipinski definition) is 5. The van der Waals surface area contributed by atoms with E-state index >= 15 is 0 Å². The van der Waals surface area contributed by atoms with E-state index < -0.39 is 0 Å². The molecular weight excluding hydrogens is 254 g/mol. The third kappa shape index (κ3) is 3.59. The van der Waals surface area contributed by atoms with Crippen LogP contribution in [0.1, 0.15) is 44.3 Å². The fourth-order valence-electron chi connectivity index (χ4n) is 2.03. The lowest BCUT2D eigenvalue weighted by Gasteiger charge is -2.10. The summed E-state index contributed by atoms with van der Waals surface area (Å²) < 4.78 is 0. The molecule has 6 nitrogen and oxygen atoms in total. The second kappa shape index (κ2) is 5.64. The molecule has 0 aromatic carbocycles. The molecule has 0 radical (unpaired) electrons. The molecule has 0 saturated heterocycles. The summed E-state index contributed by atoms with van der Waals surface area (Å²) in [4.78, 5) is 20.7. The van der Waals surface area contributed by atoms with E-state index in [-0.39, 0.29) is 12.5 Å². The molecule has 2 saturated carbocycles. The van der Waals surface area contributed by atoms with Gasteiger partial charge in [-0.15, -0.1) is 0 Å². The average molecular weight is 275 g/mol. The molecule has 0 atom stereocenters. The molecule has 1 aromatic heterocycles. The van der Waals surface area contributed by atoms with Gasteiger partial charge in [0, 0.05) is 24.6 Å². The minimum atomic E-state index is 0.0316. The van der Waals surface area contributed by atoms with Crippen LogP contribution in [0.25, 0.3) is 0 Å². The van der Waals surface area contributed by atoms with Crippen molar-refractivity contribution in [3.8, 4) is 0 Å². The number of carbonyl (C=O) groups excluding carboxylic acids is 1. The van der Waals surface area contributed by atoms with Crippen molar-refractivity contribution >= 4 is 17.5 Å². The van der Waals surface area contributed by atoms with Crippen LogP contribution in [-0.4, -0.2) is 35.0 Å². The zero-order valence-electron chi connectivity index (χ0n) is 11.8. The molecule has 0 aliphatic heterocycles. The summed E-state index contributed by atoms with van der Waals surface area (Å²) in [6, 6.07) is 2.26. The molecule has 3 N–H and O–H groups in total. The van der Waals surface area contributed by atoms with E-state index in [4.69, 9.17) is 0 Å². The van der Waals surface area contributed by atoms with Gasteiger partial charge in [0.1, 0.15) is 17.5 Å². The van der Waals surface area contributed by atoms with Gasteiger partial charge < -0.3 is 16.0 Å². The smallest absolute Gasteiger partial charge is 0.239 e. The van der Waals surface area contributed by atoms with Crippen molar-refractivity contribution in [1.82, 2.24) is 15.3 Å². The van der Waals surface area contributed by atoms with Gasteiger partial charge in [0.25, 0.3) is 0 Å². The van der Waals surface area contributed by atoms with E-state index in [9.17, 15) is 4.79 Å². The van der Waals surface area contributed by atoms with Crippen LogP contribution in [0, 0.1) is 0 Å². The molecule has 0 bridgehead atoms. The molecule has 108 valence electrons. The maximum Gasteiger partial charge on any atom is 0.239 e. The van der Waals surface area contributed by atoms with E-state index in [1.807, 2.05) is 13.0 Å². The van der Waals surface area contributed by atoms with Crippen molar-refractivity contribution in [2.24, 2.45) is 0 Å². The van der Waals surface area contributed by atoms with Crippen LogP contribution in [-0.2, 0) is 4.79 Å². The number of rotatable bonds is 7. The number of nitrogens with one attached hydrogen (secondary N) is 3. The zero-order valence-corrected chi connectivity index (χ0v) is 11.8. The van der Waals surface area contributed by atoms with Crippen molar-refractivity contribution in [2.45, 2.75) is 44.6 Å². The lowest BCUT2D eigenvalue weighted by atomic mass is 10.3. The summed E-state index contributed by atoms with van der Waals surface area (Å²) in [7, 11) is 0. The van der Waals surface area contributed by atoms with Crippen LogP contribution in [0.5, 0.6) is 0 Å². The largest absolute Gasteiger partial charge is 0.370 e. The number of carbonyl (C=O) groups is 1. The second-order valence-corrected chi connectivity index (χ2v) is 5.50. The maximum atomic E-state index is 11.7. The normalized spacial score (nSPS) is 17.6. The van der Waals surface area contributed by atoms with E-state index in [2.05, 4.69) is 25.9 Å². The molecule has 3 rings (SSSR count). The first kappa shape index (κ1) is 13.1. The van der Waals surface area contributed by atoms with Gasteiger partial charge >= 0.3 is 0 Å². The van der Waals surface area contributed by atoms with Crippen LogP contribution in [0.4, 0.5) is 11.6 Å². The average Bonchev–Trinajstić information content (AvgIpc) is 3.29. The van der Waals surface area contributed by atoms with Crippen LogP contribution < -0.4 is 16.0 Å². The molecule has 2 fully saturated rings. The van der Waals surface area contributed by atoms with Gasteiger partial charge in [-0.2, -0.15) is 0 Å². The van der Waals surface area contributed by atoms with Crippen molar-refractivity contribution in [2.75, 3.05) is 23.7 Å². The fraction of sp³-hybridized carbons (Fsp3) is 0.643. The fourth-order valence-corrected chi connectivity index (χ4v) is 2.03. The number of amides is 1. The van der Waals surface area contributed by atoms with Crippen LogP contribution in [0.15, 0.2) is 6.07 Å². The standard InChI is InChI=1S/C14H21N5O/c1-2-15-11-7-12(19-14(18-11)9-3-4-9)16-8-13(20)17-10-5-6-10/h7,9-10H,2-6,8H2,1H3,(H,17,20)(H2,15,16,18,19). The molecule has 2 aliphatic carbocycles. The highest BCUT2D eigenvalue weighted by Gasteiger charge is 2.27. The van der Waals surface area contributed by atoms with Gasteiger partial charge in [-0.25, -0.2) is 9.97 Å². The molecule has 20 heavy (non-hydrogen) atoms. The number of anilines is 2. The highest BCUT2D eigenvalue weighted by molar-refractivity contribution is 5.81. The summed E-state index contributed by atoms with van der Waals surface area (Å²) in [5.74, 6) is 2.96. The molecule has 1 aromatic rings. The van der Waals surface area contributed by atoms with Crippen LogP contribution in [0.2, 0.25) is 0 Å². The van der Waals surface area contributed by atoms with Gasteiger partial charge in [-0.3, -0.25) is 4.79 Å². The van der Waals surface area contributed by atoms with Crippen LogP contribution >= 0.6 is 0 Å². The second-order valence-electron chi connectivity index (χ2n) is 5.50. The Balaban J connectivity index is 1.62. The van der Waals surface area contributed by atoms with Gasteiger partial charge in [-0.05, 0) is 32.6 Å². The topological polar surface area (TPSA) is 78.9 Å². The van der Waals surface area contributed by atoms with E-state index in [1.54, 1.807) is 0 Å². The van der Waals surface area contributed by atoms with Gasteiger partial charge in [0.2, 0.25) is 5.91 Å². The third-order valence-corrected chi connectivity index (χ3v) is 3.42. The molecule has 1 heterocycles. The highest BCUT2D eigenvalue weighted by atomic mass is 16.2. The summed E-state index contributed by atoms with van der Waals surface area (Å²) in [6.07, 6.45) is 4.54. The van der Waals surface area contributed by atoms with Gasteiger partial charge in [0.15, 0.2) is 0 Å². The Morgan fingerprint density at radius 1 is 1.20 bits per heavy atom. The predicted octanol–water partition coefficient (Wildman–Crippen LogP) is 1.48. The van der Waals surface area contributed by atoms with Crippen LogP contribution in [0.3, 0.4) is 0 Å². The van der Waals surface area contributed by atoms with Crippen molar-refractivity contribution in [3.63, 3.8) is 0 Å².